The SMILES string of the molecule is CCOc1cc(C(=N)N)ccc1OCCOC(C)(C)C. The molecule has 0 fully saturated rings. The van der Waals surface area contributed by atoms with Gasteiger partial charge >= 0.3 is 0 Å². The van der Waals surface area contributed by atoms with Crippen molar-refractivity contribution in [1.29, 1.82) is 5.41 Å². The molecule has 0 heterocycles. The molecule has 1 rings (SSSR count). The summed E-state index contributed by atoms with van der Waals surface area (Å²) in [7, 11) is 0. The Bertz CT molecular complexity index is 453. The lowest BCUT2D eigenvalue weighted by molar-refractivity contribution is -0.0165. The van der Waals surface area contributed by atoms with Gasteiger partial charge < -0.3 is 19.9 Å². The second-order valence-electron chi connectivity index (χ2n) is 5.32. The van der Waals surface area contributed by atoms with E-state index >= 15 is 0 Å². The number of rotatable bonds is 7. The highest BCUT2D eigenvalue weighted by molar-refractivity contribution is 5.95. The van der Waals surface area contributed by atoms with Gasteiger partial charge in [0.15, 0.2) is 11.5 Å². The second-order valence-corrected chi connectivity index (χ2v) is 5.32. The van der Waals surface area contributed by atoms with E-state index in [0.717, 1.165) is 0 Å². The van der Waals surface area contributed by atoms with Crippen LogP contribution in [-0.4, -0.2) is 31.3 Å². The van der Waals surface area contributed by atoms with E-state index in [0.29, 0.717) is 36.9 Å². The molecule has 0 aliphatic carbocycles. The van der Waals surface area contributed by atoms with Gasteiger partial charge in [0.05, 0.1) is 18.8 Å². The summed E-state index contributed by atoms with van der Waals surface area (Å²) in [5.74, 6) is 1.24. The Morgan fingerprint density at radius 2 is 1.85 bits per heavy atom. The minimum atomic E-state index is -0.176. The number of nitrogens with one attached hydrogen (secondary N) is 1. The smallest absolute Gasteiger partial charge is 0.161 e. The van der Waals surface area contributed by atoms with Gasteiger partial charge in [-0.15, -0.1) is 0 Å². The van der Waals surface area contributed by atoms with Crippen molar-refractivity contribution in [3.63, 3.8) is 0 Å². The summed E-state index contributed by atoms with van der Waals surface area (Å²) >= 11 is 0. The van der Waals surface area contributed by atoms with Crippen LogP contribution in [0.15, 0.2) is 18.2 Å². The first-order chi connectivity index (χ1) is 9.33. The van der Waals surface area contributed by atoms with Gasteiger partial charge in [-0.25, -0.2) is 0 Å². The quantitative estimate of drug-likeness (QED) is 0.457. The Hall–Kier alpha value is -1.75. The summed E-state index contributed by atoms with van der Waals surface area (Å²) in [5, 5.41) is 7.43. The Labute approximate surface area is 120 Å². The fourth-order valence-electron chi connectivity index (χ4n) is 1.56. The van der Waals surface area contributed by atoms with Crippen LogP contribution in [0.4, 0.5) is 0 Å². The van der Waals surface area contributed by atoms with Crippen molar-refractivity contribution >= 4 is 5.84 Å². The zero-order valence-corrected chi connectivity index (χ0v) is 12.7. The van der Waals surface area contributed by atoms with Crippen molar-refractivity contribution in [2.45, 2.75) is 33.3 Å². The van der Waals surface area contributed by atoms with Crippen LogP contribution in [0.2, 0.25) is 0 Å². The molecule has 0 bridgehead atoms. The maximum absolute atomic E-state index is 7.43. The summed E-state index contributed by atoms with van der Waals surface area (Å²) in [6.07, 6.45) is 0. The van der Waals surface area contributed by atoms with Crippen molar-refractivity contribution in [2.75, 3.05) is 19.8 Å². The fourth-order valence-corrected chi connectivity index (χ4v) is 1.56. The molecular weight excluding hydrogens is 256 g/mol. The maximum atomic E-state index is 7.43. The van der Waals surface area contributed by atoms with Gasteiger partial charge in [-0.2, -0.15) is 0 Å². The highest BCUT2D eigenvalue weighted by Gasteiger charge is 2.11. The Balaban J connectivity index is 2.66. The lowest BCUT2D eigenvalue weighted by Crippen LogP contribution is -2.22. The van der Waals surface area contributed by atoms with E-state index in [1.165, 1.54) is 0 Å². The average Bonchev–Trinajstić information content (AvgIpc) is 2.35. The number of benzene rings is 1. The molecule has 20 heavy (non-hydrogen) atoms. The third kappa shape index (κ3) is 5.48. The van der Waals surface area contributed by atoms with E-state index in [1.807, 2.05) is 27.7 Å². The molecule has 0 spiro atoms. The Morgan fingerprint density at radius 3 is 2.40 bits per heavy atom. The van der Waals surface area contributed by atoms with Crippen molar-refractivity contribution in [2.24, 2.45) is 5.73 Å². The molecule has 0 saturated carbocycles. The molecule has 1 aromatic carbocycles. The summed E-state index contributed by atoms with van der Waals surface area (Å²) in [6, 6.07) is 5.22. The van der Waals surface area contributed by atoms with Crippen LogP contribution < -0.4 is 15.2 Å². The number of hydrogen-bond donors (Lipinski definition) is 2. The van der Waals surface area contributed by atoms with Crippen molar-refractivity contribution in [3.8, 4) is 11.5 Å². The summed E-state index contributed by atoms with van der Waals surface area (Å²) < 4.78 is 16.8. The first-order valence-electron chi connectivity index (χ1n) is 6.71. The average molecular weight is 280 g/mol. The number of hydrogen-bond acceptors (Lipinski definition) is 4. The molecule has 0 aliphatic rings. The summed E-state index contributed by atoms with van der Waals surface area (Å²) in [6.45, 7) is 9.37. The minimum Gasteiger partial charge on any atom is -0.490 e. The number of nitrogen functional groups attached to an aromatic ring is 1. The molecule has 1 aromatic rings. The maximum Gasteiger partial charge on any atom is 0.161 e. The molecule has 0 unspecified atom stereocenters. The van der Waals surface area contributed by atoms with Gasteiger partial charge in [0, 0.05) is 5.56 Å². The predicted octanol–water partition coefficient (Wildman–Crippen LogP) is 2.56. The molecule has 0 saturated heterocycles. The minimum absolute atomic E-state index is 0.00793. The normalized spacial score (nSPS) is 11.2. The lowest BCUT2D eigenvalue weighted by atomic mass is 10.2. The molecule has 5 nitrogen and oxygen atoms in total. The van der Waals surface area contributed by atoms with Gasteiger partial charge in [0.2, 0.25) is 0 Å². The van der Waals surface area contributed by atoms with Crippen LogP contribution in [0.1, 0.15) is 33.3 Å². The van der Waals surface area contributed by atoms with E-state index < -0.39 is 0 Å². The Morgan fingerprint density at radius 1 is 1.15 bits per heavy atom. The first kappa shape index (κ1) is 16.3. The van der Waals surface area contributed by atoms with Crippen LogP contribution in [0.3, 0.4) is 0 Å². The van der Waals surface area contributed by atoms with Crippen molar-refractivity contribution in [3.05, 3.63) is 23.8 Å². The standard InChI is InChI=1S/C15H24N2O3/c1-5-18-13-10-11(14(16)17)6-7-12(13)19-8-9-20-15(2,3)4/h6-7,10H,5,8-9H2,1-4H3,(H3,16,17). The molecule has 0 aliphatic heterocycles. The fraction of sp³-hybridized carbons (Fsp3) is 0.533. The van der Waals surface area contributed by atoms with Gasteiger partial charge in [0.1, 0.15) is 12.4 Å². The third-order valence-electron chi connectivity index (χ3n) is 2.43. The highest BCUT2D eigenvalue weighted by atomic mass is 16.5. The van der Waals surface area contributed by atoms with Crippen molar-refractivity contribution < 1.29 is 14.2 Å². The van der Waals surface area contributed by atoms with Gasteiger partial charge in [-0.1, -0.05) is 0 Å². The summed E-state index contributed by atoms with van der Waals surface area (Å²) in [5.41, 5.74) is 5.91. The van der Waals surface area contributed by atoms with Gasteiger partial charge in [0.25, 0.3) is 0 Å². The Kier molecular flexibility index (Phi) is 5.82. The van der Waals surface area contributed by atoms with Crippen LogP contribution in [0.25, 0.3) is 0 Å². The molecule has 0 atom stereocenters. The number of ether oxygens (including phenoxy) is 3. The van der Waals surface area contributed by atoms with Gasteiger partial charge in [-0.05, 0) is 45.9 Å². The largest absolute Gasteiger partial charge is 0.490 e. The first-order valence-corrected chi connectivity index (χ1v) is 6.71. The van der Waals surface area contributed by atoms with E-state index in [9.17, 15) is 0 Å². The molecule has 0 aromatic heterocycles. The zero-order valence-electron chi connectivity index (χ0n) is 12.7. The number of amidine groups is 1. The van der Waals surface area contributed by atoms with Crippen LogP contribution >= 0.6 is 0 Å². The molecule has 0 radical (unpaired) electrons. The molecule has 5 heteroatoms. The molecule has 0 amide bonds. The number of nitrogens with two attached hydrogens (primary N) is 1. The summed E-state index contributed by atoms with van der Waals surface area (Å²) in [4.78, 5) is 0. The lowest BCUT2D eigenvalue weighted by Gasteiger charge is -2.20. The highest BCUT2D eigenvalue weighted by Crippen LogP contribution is 2.28. The zero-order chi connectivity index (χ0) is 15.2. The molecule has 3 N–H and O–H groups in total. The van der Waals surface area contributed by atoms with Crippen LogP contribution in [-0.2, 0) is 4.74 Å². The van der Waals surface area contributed by atoms with Gasteiger partial charge in [-0.3, -0.25) is 5.41 Å². The monoisotopic (exact) mass is 280 g/mol. The van der Waals surface area contributed by atoms with Crippen molar-refractivity contribution in [1.82, 2.24) is 0 Å². The predicted molar refractivity (Wildman–Crippen MR) is 79.8 cm³/mol. The van der Waals surface area contributed by atoms with E-state index in [2.05, 4.69) is 0 Å². The van der Waals surface area contributed by atoms with E-state index in [4.69, 9.17) is 25.4 Å². The third-order valence-corrected chi connectivity index (χ3v) is 2.43. The van der Waals surface area contributed by atoms with Crippen LogP contribution in [0, 0.1) is 5.41 Å². The van der Waals surface area contributed by atoms with E-state index in [-0.39, 0.29) is 11.4 Å². The second kappa shape index (κ2) is 7.14. The van der Waals surface area contributed by atoms with E-state index in [1.54, 1.807) is 18.2 Å². The molecule has 112 valence electrons. The van der Waals surface area contributed by atoms with Crippen LogP contribution in [0.5, 0.6) is 11.5 Å². The topological polar surface area (TPSA) is 77.6 Å². The molecular formula is C15H24N2O3.